The number of rotatable bonds is 1. The van der Waals surface area contributed by atoms with Crippen LogP contribution in [-0.2, 0) is 12.8 Å². The lowest BCUT2D eigenvalue weighted by atomic mass is 9.88. The summed E-state index contributed by atoms with van der Waals surface area (Å²) in [6, 6.07) is 6.18. The van der Waals surface area contributed by atoms with Gasteiger partial charge in [0.1, 0.15) is 5.82 Å². The van der Waals surface area contributed by atoms with Crippen LogP contribution in [-0.4, -0.2) is 28.3 Å². The Balaban J connectivity index is 1.73. The van der Waals surface area contributed by atoms with Gasteiger partial charge in [0, 0.05) is 23.8 Å². The number of para-hydroxylation sites is 1. The molecule has 2 atom stereocenters. The first-order valence-corrected chi connectivity index (χ1v) is 8.55. The second-order valence-electron chi connectivity index (χ2n) is 6.87. The number of carbonyl (C=O) groups excluding carboxylic acids is 1. The highest BCUT2D eigenvalue weighted by Gasteiger charge is 2.32. The molecule has 2 heterocycles. The van der Waals surface area contributed by atoms with Gasteiger partial charge in [0.15, 0.2) is 0 Å². The number of hydrogen-bond donors (Lipinski definition) is 3. The molecule has 0 radical (unpaired) electrons. The zero-order valence-electron chi connectivity index (χ0n) is 13.9. The highest BCUT2D eigenvalue weighted by molar-refractivity contribution is 5.90. The molecule has 5 N–H and O–H groups in total. The van der Waals surface area contributed by atoms with Gasteiger partial charge in [-0.2, -0.15) is 9.78 Å². The maximum absolute atomic E-state index is 13.2. The smallest absolute Gasteiger partial charge is 0.256 e. The van der Waals surface area contributed by atoms with E-state index in [9.17, 15) is 4.79 Å². The van der Waals surface area contributed by atoms with E-state index in [-0.39, 0.29) is 17.9 Å². The van der Waals surface area contributed by atoms with Crippen LogP contribution in [0.15, 0.2) is 18.2 Å². The van der Waals surface area contributed by atoms with Gasteiger partial charge in [0.05, 0.1) is 11.6 Å². The van der Waals surface area contributed by atoms with Crippen molar-refractivity contribution in [2.24, 2.45) is 5.73 Å². The minimum atomic E-state index is -0.210. The van der Waals surface area contributed by atoms with Crippen molar-refractivity contribution in [3.05, 3.63) is 40.6 Å². The molecule has 2 aromatic rings. The number of nitrogens with two attached hydrogens (primary N) is 2. The third-order valence-corrected chi connectivity index (χ3v) is 5.25. The first-order valence-electron chi connectivity index (χ1n) is 8.55. The maximum atomic E-state index is 13.2. The Kier molecular flexibility index (Phi) is 3.57. The zero-order chi connectivity index (χ0) is 16.8. The van der Waals surface area contributed by atoms with Gasteiger partial charge in [-0.3, -0.25) is 4.79 Å². The van der Waals surface area contributed by atoms with E-state index in [1.54, 1.807) is 0 Å². The van der Waals surface area contributed by atoms with Crippen LogP contribution < -0.4 is 16.8 Å². The van der Waals surface area contributed by atoms with Crippen molar-refractivity contribution in [2.45, 2.75) is 44.6 Å². The second kappa shape index (κ2) is 5.63. The molecule has 0 saturated heterocycles. The monoisotopic (exact) mass is 325 g/mol. The number of anilines is 2. The molecule has 126 valence electrons. The molecule has 0 saturated carbocycles. The van der Waals surface area contributed by atoms with Gasteiger partial charge < -0.3 is 16.8 Å². The fourth-order valence-corrected chi connectivity index (χ4v) is 3.91. The van der Waals surface area contributed by atoms with Crippen LogP contribution in [0.3, 0.4) is 0 Å². The molecule has 1 aromatic carbocycles. The molecule has 0 bridgehead atoms. The summed E-state index contributed by atoms with van der Waals surface area (Å²) in [6.07, 6.45) is 3.14. The van der Waals surface area contributed by atoms with Crippen molar-refractivity contribution in [1.29, 1.82) is 0 Å². The molecular weight excluding hydrogens is 302 g/mol. The molecule has 24 heavy (non-hydrogen) atoms. The summed E-state index contributed by atoms with van der Waals surface area (Å²) >= 11 is 0. The second-order valence-corrected chi connectivity index (χ2v) is 6.87. The molecule has 0 fully saturated rings. The van der Waals surface area contributed by atoms with Crippen molar-refractivity contribution in [1.82, 2.24) is 9.78 Å². The minimum absolute atomic E-state index is 0.0381. The number of carbonyl (C=O) groups is 1. The van der Waals surface area contributed by atoms with Crippen LogP contribution in [0, 0.1) is 6.92 Å². The molecule has 0 spiro atoms. The summed E-state index contributed by atoms with van der Waals surface area (Å²) in [6.45, 7) is 2.83. The lowest BCUT2D eigenvalue weighted by Crippen LogP contribution is -2.29. The van der Waals surface area contributed by atoms with E-state index < -0.39 is 0 Å². The molecule has 0 amide bonds. The van der Waals surface area contributed by atoms with E-state index in [4.69, 9.17) is 11.5 Å². The van der Waals surface area contributed by atoms with Crippen LogP contribution >= 0.6 is 0 Å². The quantitative estimate of drug-likeness (QED) is 0.743. The summed E-state index contributed by atoms with van der Waals surface area (Å²) in [4.78, 5) is 13.2. The number of benzene rings is 1. The Labute approximate surface area is 141 Å². The van der Waals surface area contributed by atoms with Crippen molar-refractivity contribution in [3.8, 4) is 0 Å². The summed E-state index contributed by atoms with van der Waals surface area (Å²) in [5.41, 5.74) is 17.4. The van der Waals surface area contributed by atoms with Crippen LogP contribution in [0.25, 0.3) is 0 Å². The Bertz CT molecular complexity index is 810. The maximum Gasteiger partial charge on any atom is 0.256 e. The van der Waals surface area contributed by atoms with Crippen molar-refractivity contribution in [2.75, 3.05) is 17.6 Å². The van der Waals surface area contributed by atoms with Gasteiger partial charge in [-0.15, -0.1) is 0 Å². The number of aromatic nitrogens is 2. The van der Waals surface area contributed by atoms with E-state index in [2.05, 4.69) is 23.4 Å². The molecule has 4 rings (SSSR count). The van der Waals surface area contributed by atoms with Gasteiger partial charge in [-0.05, 0) is 43.7 Å². The minimum Gasteiger partial charge on any atom is -0.385 e. The molecule has 6 heteroatoms. The van der Waals surface area contributed by atoms with Gasteiger partial charge >= 0.3 is 0 Å². The highest BCUT2D eigenvalue weighted by Crippen LogP contribution is 2.36. The molecule has 2 aliphatic rings. The van der Waals surface area contributed by atoms with Crippen LogP contribution in [0.4, 0.5) is 11.5 Å². The Morgan fingerprint density at radius 1 is 1.38 bits per heavy atom. The van der Waals surface area contributed by atoms with E-state index in [0.717, 1.165) is 53.9 Å². The third kappa shape index (κ3) is 2.29. The Morgan fingerprint density at radius 2 is 2.21 bits per heavy atom. The molecular formula is C18H23N5O. The largest absolute Gasteiger partial charge is 0.385 e. The van der Waals surface area contributed by atoms with E-state index in [1.165, 1.54) is 4.68 Å². The summed E-state index contributed by atoms with van der Waals surface area (Å²) < 4.78 is 1.42. The normalized spacial score (nSPS) is 22.4. The molecule has 1 aliphatic heterocycles. The predicted molar refractivity (Wildman–Crippen MR) is 94.3 cm³/mol. The van der Waals surface area contributed by atoms with Crippen molar-refractivity contribution < 1.29 is 4.79 Å². The van der Waals surface area contributed by atoms with Gasteiger partial charge in [0.2, 0.25) is 0 Å². The third-order valence-electron chi connectivity index (χ3n) is 5.25. The number of nitrogens with zero attached hydrogens (tertiary/aromatic N) is 2. The van der Waals surface area contributed by atoms with E-state index in [0.29, 0.717) is 12.2 Å². The fourth-order valence-electron chi connectivity index (χ4n) is 3.91. The number of nitrogen functional groups attached to an aromatic ring is 1. The van der Waals surface area contributed by atoms with Crippen LogP contribution in [0.5, 0.6) is 0 Å². The lowest BCUT2D eigenvalue weighted by molar-refractivity contribution is 0.0859. The average Bonchev–Trinajstić information content (AvgIpc) is 2.91. The SMILES string of the molecule is Cc1cccc2c1NCC[C@@H]2C(=O)n1nc2c(c1N)C[C@@H](N)CC2. The average molecular weight is 325 g/mol. The fraction of sp³-hybridized carbons (Fsp3) is 0.444. The molecule has 1 aliphatic carbocycles. The van der Waals surface area contributed by atoms with Crippen molar-refractivity contribution in [3.63, 3.8) is 0 Å². The standard InChI is InChI=1S/C18H23N5O/c1-10-3-2-4-12-13(7-8-21-16(10)12)18(24)23-17(20)14-9-11(19)5-6-15(14)22-23/h2-4,11,13,21H,5-9,19-20H2,1H3/t11-,13-/m0/s1. The molecule has 1 aromatic heterocycles. The number of fused-ring (bicyclic) bond motifs is 2. The first kappa shape index (κ1) is 15.2. The summed E-state index contributed by atoms with van der Waals surface area (Å²) in [7, 11) is 0. The van der Waals surface area contributed by atoms with Gasteiger partial charge in [0.25, 0.3) is 5.91 Å². The molecule has 0 unspecified atom stereocenters. The Hall–Kier alpha value is -2.34. The van der Waals surface area contributed by atoms with Crippen molar-refractivity contribution >= 4 is 17.4 Å². The number of hydrogen-bond acceptors (Lipinski definition) is 5. The topological polar surface area (TPSA) is 99.0 Å². The molecule has 6 nitrogen and oxygen atoms in total. The van der Waals surface area contributed by atoms with E-state index in [1.807, 2.05) is 12.1 Å². The van der Waals surface area contributed by atoms with Gasteiger partial charge in [-0.1, -0.05) is 18.2 Å². The van der Waals surface area contributed by atoms with Crippen LogP contribution in [0.1, 0.15) is 45.9 Å². The number of aryl methyl sites for hydroxylation is 2. The lowest BCUT2D eigenvalue weighted by Gasteiger charge is -2.27. The zero-order valence-corrected chi connectivity index (χ0v) is 13.9. The van der Waals surface area contributed by atoms with Crippen LogP contribution in [0.2, 0.25) is 0 Å². The highest BCUT2D eigenvalue weighted by atomic mass is 16.2. The summed E-state index contributed by atoms with van der Waals surface area (Å²) in [5, 5.41) is 7.93. The van der Waals surface area contributed by atoms with E-state index >= 15 is 0 Å². The van der Waals surface area contributed by atoms with Gasteiger partial charge in [-0.25, -0.2) is 0 Å². The first-order chi connectivity index (χ1) is 11.6. The Morgan fingerprint density at radius 3 is 3.04 bits per heavy atom. The summed E-state index contributed by atoms with van der Waals surface area (Å²) in [5.74, 6) is 0.222. The predicted octanol–water partition coefficient (Wildman–Crippen LogP) is 1.83. The number of nitrogens with one attached hydrogen (secondary N) is 1.